The van der Waals surface area contributed by atoms with Gasteiger partial charge in [0.15, 0.2) is 0 Å². The second-order valence-electron chi connectivity index (χ2n) is 7.57. The molecule has 0 saturated carbocycles. The molecule has 3 aromatic carbocycles. The van der Waals surface area contributed by atoms with Crippen LogP contribution in [-0.2, 0) is 13.2 Å². The molecule has 158 valence electrons. The zero-order valence-electron chi connectivity index (χ0n) is 17.7. The average molecular weight is 418 g/mol. The minimum Gasteiger partial charge on any atom is -0.488 e. The van der Waals surface area contributed by atoms with Crippen LogP contribution in [0.3, 0.4) is 0 Å². The second-order valence-corrected chi connectivity index (χ2v) is 7.57. The lowest BCUT2D eigenvalue weighted by molar-refractivity contribution is 0.0780. The normalized spacial score (nSPS) is 11.0. The summed E-state index contributed by atoms with van der Waals surface area (Å²) < 4.78 is 24.5. The van der Waals surface area contributed by atoms with Crippen molar-refractivity contribution in [2.24, 2.45) is 0 Å². The molecular weight excluding hydrogens is 395 g/mol. The summed E-state index contributed by atoms with van der Waals surface area (Å²) in [6.07, 6.45) is 0. The molecule has 0 atom stereocenters. The van der Waals surface area contributed by atoms with Gasteiger partial charge < -0.3 is 14.2 Å². The van der Waals surface area contributed by atoms with Crippen molar-refractivity contribution in [3.05, 3.63) is 94.6 Å². The number of carbonyl (C=O) groups is 1. The van der Waals surface area contributed by atoms with E-state index in [0.29, 0.717) is 23.6 Å². The van der Waals surface area contributed by atoms with Crippen LogP contribution in [0.15, 0.2) is 65.2 Å². The van der Waals surface area contributed by atoms with Gasteiger partial charge in [-0.25, -0.2) is 4.39 Å². The van der Waals surface area contributed by atoms with Crippen molar-refractivity contribution in [2.45, 2.75) is 27.0 Å². The van der Waals surface area contributed by atoms with Gasteiger partial charge in [-0.3, -0.25) is 4.79 Å². The molecule has 0 radical (unpaired) electrons. The first-order valence-electron chi connectivity index (χ1n) is 9.99. The molecule has 6 heteroatoms. The summed E-state index contributed by atoms with van der Waals surface area (Å²) in [6.45, 7) is 4.30. The SMILES string of the molecule is Cc1noc(C)c1COc1cc2ccccc2cc1C(=O)N(C)Cc1ccc(F)cc1. The van der Waals surface area contributed by atoms with Crippen molar-refractivity contribution in [2.75, 3.05) is 7.05 Å². The van der Waals surface area contributed by atoms with E-state index in [2.05, 4.69) is 5.16 Å². The average Bonchev–Trinajstić information content (AvgIpc) is 3.09. The third-order valence-corrected chi connectivity index (χ3v) is 5.31. The molecule has 0 spiro atoms. The Morgan fingerprint density at radius 1 is 1.06 bits per heavy atom. The summed E-state index contributed by atoms with van der Waals surface area (Å²) in [4.78, 5) is 14.9. The number of ether oxygens (including phenoxy) is 1. The summed E-state index contributed by atoms with van der Waals surface area (Å²) >= 11 is 0. The molecule has 1 heterocycles. The van der Waals surface area contributed by atoms with Gasteiger partial charge in [0, 0.05) is 13.6 Å². The molecule has 0 bridgehead atoms. The van der Waals surface area contributed by atoms with Gasteiger partial charge in [-0.1, -0.05) is 41.6 Å². The number of halogens is 1. The Morgan fingerprint density at radius 3 is 2.39 bits per heavy atom. The first-order chi connectivity index (χ1) is 14.9. The third-order valence-electron chi connectivity index (χ3n) is 5.31. The van der Waals surface area contributed by atoms with Crippen molar-refractivity contribution < 1.29 is 18.4 Å². The smallest absolute Gasteiger partial charge is 0.257 e. The van der Waals surface area contributed by atoms with Crippen LogP contribution in [0.2, 0.25) is 0 Å². The maximum Gasteiger partial charge on any atom is 0.257 e. The van der Waals surface area contributed by atoms with Gasteiger partial charge in [0.05, 0.1) is 16.8 Å². The first-order valence-corrected chi connectivity index (χ1v) is 9.99. The van der Waals surface area contributed by atoms with E-state index in [-0.39, 0.29) is 18.3 Å². The number of hydrogen-bond donors (Lipinski definition) is 0. The van der Waals surface area contributed by atoms with E-state index in [4.69, 9.17) is 9.26 Å². The van der Waals surface area contributed by atoms with Gasteiger partial charge in [-0.2, -0.15) is 0 Å². The lowest BCUT2D eigenvalue weighted by atomic mass is 10.0. The van der Waals surface area contributed by atoms with Crippen LogP contribution >= 0.6 is 0 Å². The predicted octanol–water partition coefficient (Wildman–Crippen LogP) is 5.43. The molecule has 0 aliphatic heterocycles. The molecule has 1 aromatic heterocycles. The highest BCUT2D eigenvalue weighted by Gasteiger charge is 2.20. The largest absolute Gasteiger partial charge is 0.488 e. The van der Waals surface area contributed by atoms with E-state index in [9.17, 15) is 9.18 Å². The van der Waals surface area contributed by atoms with Crippen molar-refractivity contribution in [1.29, 1.82) is 0 Å². The maximum absolute atomic E-state index is 13.3. The molecule has 4 rings (SSSR count). The monoisotopic (exact) mass is 418 g/mol. The fourth-order valence-electron chi connectivity index (χ4n) is 3.50. The number of nitrogens with zero attached hydrogens (tertiary/aromatic N) is 2. The number of benzene rings is 3. The number of hydrogen-bond acceptors (Lipinski definition) is 4. The van der Waals surface area contributed by atoms with Crippen molar-refractivity contribution >= 4 is 16.7 Å². The number of amides is 1. The molecule has 0 aliphatic carbocycles. The Kier molecular flexibility index (Phi) is 5.71. The lowest BCUT2D eigenvalue weighted by Crippen LogP contribution is -2.26. The Labute approximate surface area is 180 Å². The molecule has 5 nitrogen and oxygen atoms in total. The van der Waals surface area contributed by atoms with Gasteiger partial charge in [-0.05, 0) is 54.4 Å². The van der Waals surface area contributed by atoms with E-state index in [1.807, 2.05) is 50.2 Å². The molecule has 0 saturated heterocycles. The highest BCUT2D eigenvalue weighted by Crippen LogP contribution is 2.29. The molecule has 0 fully saturated rings. The number of aromatic nitrogens is 1. The molecule has 0 unspecified atom stereocenters. The van der Waals surface area contributed by atoms with E-state index in [1.54, 1.807) is 24.1 Å². The zero-order chi connectivity index (χ0) is 22.0. The lowest BCUT2D eigenvalue weighted by Gasteiger charge is -2.20. The van der Waals surface area contributed by atoms with Gasteiger partial charge in [0.2, 0.25) is 0 Å². The van der Waals surface area contributed by atoms with Crippen LogP contribution in [0, 0.1) is 19.7 Å². The molecule has 1 amide bonds. The number of rotatable bonds is 6. The van der Waals surface area contributed by atoms with Crippen LogP contribution in [0.25, 0.3) is 10.8 Å². The number of carbonyl (C=O) groups excluding carboxylic acids is 1. The van der Waals surface area contributed by atoms with Crippen molar-refractivity contribution in [1.82, 2.24) is 10.1 Å². The summed E-state index contributed by atoms with van der Waals surface area (Å²) in [5.74, 6) is 0.709. The van der Waals surface area contributed by atoms with Crippen LogP contribution in [-0.4, -0.2) is 23.0 Å². The van der Waals surface area contributed by atoms with Gasteiger partial charge in [0.1, 0.15) is 23.9 Å². The Hall–Kier alpha value is -3.67. The minimum atomic E-state index is -0.303. The maximum atomic E-state index is 13.3. The summed E-state index contributed by atoms with van der Waals surface area (Å²) in [6, 6.07) is 17.7. The van der Waals surface area contributed by atoms with E-state index < -0.39 is 0 Å². The van der Waals surface area contributed by atoms with Crippen LogP contribution in [0.4, 0.5) is 4.39 Å². The quantitative estimate of drug-likeness (QED) is 0.419. The number of fused-ring (bicyclic) bond motifs is 1. The van der Waals surface area contributed by atoms with Crippen molar-refractivity contribution in [3.8, 4) is 5.75 Å². The van der Waals surface area contributed by atoms with Gasteiger partial charge >= 0.3 is 0 Å². The number of aryl methyl sites for hydroxylation is 2. The molecule has 31 heavy (non-hydrogen) atoms. The van der Waals surface area contributed by atoms with Gasteiger partial charge in [-0.15, -0.1) is 0 Å². The van der Waals surface area contributed by atoms with Crippen molar-refractivity contribution in [3.63, 3.8) is 0 Å². The first kappa shape index (κ1) is 20.6. The Balaban J connectivity index is 1.64. The van der Waals surface area contributed by atoms with E-state index in [0.717, 1.165) is 27.6 Å². The second kappa shape index (κ2) is 8.60. The van der Waals surface area contributed by atoms with E-state index in [1.165, 1.54) is 12.1 Å². The Morgan fingerprint density at radius 2 is 1.74 bits per heavy atom. The van der Waals surface area contributed by atoms with Gasteiger partial charge in [0.25, 0.3) is 5.91 Å². The molecule has 4 aromatic rings. The van der Waals surface area contributed by atoms with Crippen LogP contribution in [0.1, 0.15) is 32.9 Å². The predicted molar refractivity (Wildman–Crippen MR) is 116 cm³/mol. The minimum absolute atomic E-state index is 0.177. The van der Waals surface area contributed by atoms with Crippen LogP contribution in [0.5, 0.6) is 5.75 Å². The highest BCUT2D eigenvalue weighted by atomic mass is 19.1. The summed E-state index contributed by atoms with van der Waals surface area (Å²) in [7, 11) is 1.72. The molecule has 0 N–H and O–H groups in total. The highest BCUT2D eigenvalue weighted by molar-refractivity contribution is 6.01. The fourth-order valence-corrected chi connectivity index (χ4v) is 3.50. The zero-order valence-corrected chi connectivity index (χ0v) is 17.7. The standard InChI is InChI=1S/C25H23FN2O3/c1-16-23(17(2)31-27-16)15-30-24-13-20-7-5-4-6-19(20)12-22(24)25(29)28(3)14-18-8-10-21(26)11-9-18/h4-13H,14-15H2,1-3H3. The summed E-state index contributed by atoms with van der Waals surface area (Å²) in [5, 5.41) is 5.89. The topological polar surface area (TPSA) is 55.6 Å². The molecular formula is C25H23FN2O3. The van der Waals surface area contributed by atoms with Crippen LogP contribution < -0.4 is 4.74 Å². The fraction of sp³-hybridized carbons (Fsp3) is 0.200. The summed E-state index contributed by atoms with van der Waals surface area (Å²) in [5.41, 5.74) is 2.94. The van der Waals surface area contributed by atoms with E-state index >= 15 is 0 Å². The molecule has 0 aliphatic rings. The third kappa shape index (κ3) is 4.43. The Bertz CT molecular complexity index is 1210.